The first-order valence-electron chi connectivity index (χ1n) is 9.37. The molecule has 0 aromatic heterocycles. The molecule has 0 saturated heterocycles. The molecule has 2 amide bonds. The van der Waals surface area contributed by atoms with E-state index >= 15 is 0 Å². The third-order valence-corrected chi connectivity index (χ3v) is 5.14. The summed E-state index contributed by atoms with van der Waals surface area (Å²) in [6.07, 6.45) is 2.72. The minimum absolute atomic E-state index is 0.266. The highest BCUT2D eigenvalue weighted by molar-refractivity contribution is 5.95. The van der Waals surface area contributed by atoms with Crippen LogP contribution in [0.4, 0.5) is 10.5 Å². The molecule has 0 radical (unpaired) electrons. The van der Waals surface area contributed by atoms with E-state index in [-0.39, 0.29) is 18.0 Å². The van der Waals surface area contributed by atoms with Crippen LogP contribution in [0, 0.1) is 0 Å². The van der Waals surface area contributed by atoms with Gasteiger partial charge in [0.15, 0.2) is 0 Å². The van der Waals surface area contributed by atoms with Crippen molar-refractivity contribution in [1.82, 2.24) is 10.6 Å². The van der Waals surface area contributed by atoms with Gasteiger partial charge in [-0.3, -0.25) is 0 Å². The van der Waals surface area contributed by atoms with Gasteiger partial charge in [0.25, 0.3) is 0 Å². The number of amides is 2. The van der Waals surface area contributed by atoms with Gasteiger partial charge < -0.3 is 20.3 Å². The Morgan fingerprint density at radius 2 is 2.08 bits per heavy atom. The fourth-order valence-electron chi connectivity index (χ4n) is 3.76. The maximum absolute atomic E-state index is 12.6. The zero-order valence-corrected chi connectivity index (χ0v) is 15.7. The standard InChI is InChI=1S/C20H27N3O3/c1-4-15-18(19(24)26-5-2)16(22-20(25)21-15)12-23-13(3)10-11-14-8-6-7-9-17(14)23/h6-9,13,15H,4-5,10-12H2,1-3H3,(H2,21,22,25)/t13-,15-/m1/s1. The molecule has 2 aliphatic rings. The SMILES string of the molecule is CCOC(=O)C1=C(CN2c3ccccc3CC[C@H]2C)NC(=O)N[C@@H]1CC. The van der Waals surface area contributed by atoms with E-state index in [1.165, 1.54) is 11.3 Å². The number of anilines is 1. The number of urea groups is 1. The number of ether oxygens (including phenoxy) is 1. The van der Waals surface area contributed by atoms with Crippen LogP contribution in [0.15, 0.2) is 35.5 Å². The highest BCUT2D eigenvalue weighted by Crippen LogP contribution is 2.31. The molecule has 6 nitrogen and oxygen atoms in total. The number of carbonyl (C=O) groups excluding carboxylic acids is 2. The highest BCUT2D eigenvalue weighted by atomic mass is 16.5. The number of aryl methyl sites for hydroxylation is 1. The summed E-state index contributed by atoms with van der Waals surface area (Å²) in [5.74, 6) is -0.361. The molecule has 0 unspecified atom stereocenters. The third-order valence-electron chi connectivity index (χ3n) is 5.14. The summed E-state index contributed by atoms with van der Waals surface area (Å²) in [5.41, 5.74) is 3.64. The molecule has 6 heteroatoms. The van der Waals surface area contributed by atoms with Gasteiger partial charge in [0, 0.05) is 11.7 Å². The Hall–Kier alpha value is -2.50. The van der Waals surface area contributed by atoms with E-state index in [0.29, 0.717) is 36.9 Å². The van der Waals surface area contributed by atoms with Crippen molar-refractivity contribution >= 4 is 17.7 Å². The van der Waals surface area contributed by atoms with Gasteiger partial charge in [-0.25, -0.2) is 9.59 Å². The number of carbonyl (C=O) groups is 2. The van der Waals surface area contributed by atoms with Crippen LogP contribution >= 0.6 is 0 Å². The molecule has 0 bridgehead atoms. The number of fused-ring (bicyclic) bond motifs is 1. The maximum atomic E-state index is 12.6. The molecule has 2 aliphatic heterocycles. The number of rotatable bonds is 5. The van der Waals surface area contributed by atoms with Crippen molar-refractivity contribution in [3.63, 3.8) is 0 Å². The van der Waals surface area contributed by atoms with Crippen LogP contribution in [-0.2, 0) is 16.0 Å². The van der Waals surface area contributed by atoms with E-state index in [4.69, 9.17) is 4.74 Å². The predicted molar refractivity (Wildman–Crippen MR) is 101 cm³/mol. The quantitative estimate of drug-likeness (QED) is 0.795. The molecule has 2 N–H and O–H groups in total. The number of para-hydroxylation sites is 1. The Labute approximate surface area is 154 Å². The Bertz CT molecular complexity index is 729. The van der Waals surface area contributed by atoms with E-state index in [9.17, 15) is 9.59 Å². The van der Waals surface area contributed by atoms with Gasteiger partial charge in [0.2, 0.25) is 0 Å². The minimum Gasteiger partial charge on any atom is -0.463 e. The summed E-state index contributed by atoms with van der Waals surface area (Å²) in [5, 5.41) is 5.68. The van der Waals surface area contributed by atoms with Gasteiger partial charge in [-0.05, 0) is 44.7 Å². The molecule has 140 valence electrons. The van der Waals surface area contributed by atoms with Crippen molar-refractivity contribution < 1.29 is 14.3 Å². The van der Waals surface area contributed by atoms with Gasteiger partial charge in [0.05, 0.1) is 30.5 Å². The van der Waals surface area contributed by atoms with E-state index < -0.39 is 0 Å². The first-order chi connectivity index (χ1) is 12.5. The number of hydrogen-bond acceptors (Lipinski definition) is 4. The zero-order valence-electron chi connectivity index (χ0n) is 15.7. The summed E-state index contributed by atoms with van der Waals surface area (Å²) in [7, 11) is 0. The third kappa shape index (κ3) is 3.54. The van der Waals surface area contributed by atoms with Crippen LogP contribution in [0.2, 0.25) is 0 Å². The Morgan fingerprint density at radius 1 is 1.31 bits per heavy atom. The summed E-state index contributed by atoms with van der Waals surface area (Å²) in [4.78, 5) is 26.9. The molecule has 2 heterocycles. The first-order valence-corrected chi connectivity index (χ1v) is 9.37. The van der Waals surface area contributed by atoms with Crippen LogP contribution in [0.3, 0.4) is 0 Å². The summed E-state index contributed by atoms with van der Waals surface area (Å²) >= 11 is 0. The topological polar surface area (TPSA) is 70.7 Å². The molecular weight excluding hydrogens is 330 g/mol. The fourth-order valence-corrected chi connectivity index (χ4v) is 3.76. The molecule has 0 saturated carbocycles. The maximum Gasteiger partial charge on any atom is 0.337 e. The Balaban J connectivity index is 1.98. The minimum atomic E-state index is -0.361. The van der Waals surface area contributed by atoms with Crippen molar-refractivity contribution in [3.05, 3.63) is 41.1 Å². The van der Waals surface area contributed by atoms with Crippen LogP contribution < -0.4 is 15.5 Å². The molecule has 0 fully saturated rings. The Morgan fingerprint density at radius 3 is 2.81 bits per heavy atom. The molecule has 26 heavy (non-hydrogen) atoms. The number of nitrogens with one attached hydrogen (secondary N) is 2. The lowest BCUT2D eigenvalue weighted by atomic mass is 9.95. The van der Waals surface area contributed by atoms with E-state index in [2.05, 4.69) is 40.7 Å². The number of esters is 1. The van der Waals surface area contributed by atoms with Crippen LogP contribution in [0.5, 0.6) is 0 Å². The summed E-state index contributed by atoms with van der Waals surface area (Å²) < 4.78 is 5.26. The average molecular weight is 357 g/mol. The average Bonchev–Trinajstić information content (AvgIpc) is 2.63. The molecule has 1 aromatic rings. The smallest absolute Gasteiger partial charge is 0.337 e. The largest absolute Gasteiger partial charge is 0.463 e. The summed E-state index contributed by atoms with van der Waals surface area (Å²) in [6, 6.07) is 8.06. The Kier molecular flexibility index (Phi) is 5.49. The van der Waals surface area contributed by atoms with E-state index in [1.807, 2.05) is 13.0 Å². The lowest BCUT2D eigenvalue weighted by Crippen LogP contribution is -2.53. The summed E-state index contributed by atoms with van der Waals surface area (Å²) in [6.45, 7) is 6.71. The molecule has 3 rings (SSSR count). The number of benzene rings is 1. The lowest BCUT2D eigenvalue weighted by Gasteiger charge is -2.39. The second-order valence-electron chi connectivity index (χ2n) is 6.82. The second-order valence-corrected chi connectivity index (χ2v) is 6.82. The molecule has 0 aliphatic carbocycles. The van der Waals surface area contributed by atoms with Crippen molar-refractivity contribution in [2.75, 3.05) is 18.1 Å². The van der Waals surface area contributed by atoms with Gasteiger partial charge in [-0.1, -0.05) is 25.1 Å². The molecule has 0 spiro atoms. The van der Waals surface area contributed by atoms with Crippen LogP contribution in [0.1, 0.15) is 39.2 Å². The van der Waals surface area contributed by atoms with Crippen LogP contribution in [-0.4, -0.2) is 37.2 Å². The van der Waals surface area contributed by atoms with Gasteiger partial charge in [0.1, 0.15) is 0 Å². The fraction of sp³-hybridized carbons (Fsp3) is 0.500. The van der Waals surface area contributed by atoms with Gasteiger partial charge >= 0.3 is 12.0 Å². The predicted octanol–water partition coefficient (Wildman–Crippen LogP) is 2.74. The highest BCUT2D eigenvalue weighted by Gasteiger charge is 2.33. The second kappa shape index (κ2) is 7.81. The molecule has 2 atom stereocenters. The lowest BCUT2D eigenvalue weighted by molar-refractivity contribution is -0.139. The van der Waals surface area contributed by atoms with Crippen molar-refractivity contribution in [2.45, 2.75) is 52.1 Å². The van der Waals surface area contributed by atoms with Crippen molar-refractivity contribution in [1.29, 1.82) is 0 Å². The van der Waals surface area contributed by atoms with E-state index in [0.717, 1.165) is 12.8 Å². The normalized spacial score (nSPS) is 22.4. The van der Waals surface area contributed by atoms with Gasteiger partial charge in [-0.15, -0.1) is 0 Å². The zero-order chi connectivity index (χ0) is 18.7. The monoisotopic (exact) mass is 357 g/mol. The van der Waals surface area contributed by atoms with Crippen LogP contribution in [0.25, 0.3) is 0 Å². The number of hydrogen-bond donors (Lipinski definition) is 2. The molecular formula is C20H27N3O3. The first kappa shape index (κ1) is 18.3. The molecule has 1 aromatic carbocycles. The van der Waals surface area contributed by atoms with Crippen molar-refractivity contribution in [3.8, 4) is 0 Å². The van der Waals surface area contributed by atoms with E-state index in [1.54, 1.807) is 6.92 Å². The number of nitrogens with zero attached hydrogens (tertiary/aromatic N) is 1. The van der Waals surface area contributed by atoms with Gasteiger partial charge in [-0.2, -0.15) is 0 Å². The van der Waals surface area contributed by atoms with Crippen molar-refractivity contribution in [2.24, 2.45) is 0 Å².